The van der Waals surface area contributed by atoms with Gasteiger partial charge in [-0.1, -0.05) is 13.3 Å². The number of aryl methyl sites for hydroxylation is 1. The minimum Gasteiger partial charge on any atom is -0.481 e. The van der Waals surface area contributed by atoms with Gasteiger partial charge in [-0.05, 0) is 6.42 Å². The van der Waals surface area contributed by atoms with Crippen molar-refractivity contribution < 1.29 is 9.90 Å². The highest BCUT2D eigenvalue weighted by Crippen LogP contribution is 2.15. The molecule has 0 saturated heterocycles. The Hall–Kier alpha value is -0.900. The Bertz CT molecular complexity index is 270. The third-order valence-corrected chi connectivity index (χ3v) is 2.40. The van der Waals surface area contributed by atoms with Crippen molar-refractivity contribution in [1.29, 1.82) is 0 Å². The summed E-state index contributed by atoms with van der Waals surface area (Å²) >= 11 is 1.43. The van der Waals surface area contributed by atoms with Crippen LogP contribution in [0.25, 0.3) is 0 Å². The number of carboxylic acids is 1. The summed E-state index contributed by atoms with van der Waals surface area (Å²) in [6.45, 7) is 2.06. The smallest absolute Gasteiger partial charge is 0.308 e. The molecule has 1 aromatic heterocycles. The van der Waals surface area contributed by atoms with Crippen molar-refractivity contribution in [2.75, 3.05) is 0 Å². The highest BCUT2D eigenvalue weighted by molar-refractivity contribution is 7.09. The number of carboxylic acid groups (broad SMARTS) is 1. The first-order valence-electron chi connectivity index (χ1n) is 3.87. The number of aliphatic carboxylic acids is 1. The van der Waals surface area contributed by atoms with E-state index >= 15 is 0 Å². The molecule has 0 amide bonds. The minimum absolute atomic E-state index is 0.111. The van der Waals surface area contributed by atoms with Crippen LogP contribution in [0.4, 0.5) is 0 Å². The van der Waals surface area contributed by atoms with Gasteiger partial charge in [0.15, 0.2) is 0 Å². The van der Waals surface area contributed by atoms with Crippen LogP contribution >= 0.6 is 11.3 Å². The maximum Gasteiger partial charge on any atom is 0.308 e. The summed E-state index contributed by atoms with van der Waals surface area (Å²) in [5.41, 5.74) is 2.66. The first kappa shape index (κ1) is 9.19. The largest absolute Gasteiger partial charge is 0.481 e. The number of rotatable bonds is 4. The Labute approximate surface area is 75.1 Å². The molecule has 1 heterocycles. The fraction of sp³-hybridized carbons (Fsp3) is 0.500. The van der Waals surface area contributed by atoms with Gasteiger partial charge in [-0.25, -0.2) is 4.98 Å². The Morgan fingerprint density at radius 2 is 2.50 bits per heavy atom. The van der Waals surface area contributed by atoms with Crippen molar-refractivity contribution in [3.63, 3.8) is 0 Å². The standard InChI is InChI=1S/C8H11NO2S/c1-2-3-6-7(4-8(10)11)12-5-9-6/h5H,2-4H2,1H3,(H,10,11). The maximum atomic E-state index is 10.4. The normalized spacial score (nSPS) is 10.1. The van der Waals surface area contributed by atoms with Crippen molar-refractivity contribution >= 4 is 17.3 Å². The molecule has 0 saturated carbocycles. The van der Waals surface area contributed by atoms with Crippen molar-refractivity contribution in [2.45, 2.75) is 26.2 Å². The summed E-state index contributed by atoms with van der Waals surface area (Å²) in [6.07, 6.45) is 2.00. The summed E-state index contributed by atoms with van der Waals surface area (Å²) in [7, 11) is 0. The van der Waals surface area contributed by atoms with E-state index in [1.807, 2.05) is 0 Å². The Morgan fingerprint density at radius 1 is 1.75 bits per heavy atom. The lowest BCUT2D eigenvalue weighted by molar-refractivity contribution is -0.136. The summed E-state index contributed by atoms with van der Waals surface area (Å²) in [5.74, 6) is -0.781. The predicted molar refractivity (Wildman–Crippen MR) is 47.4 cm³/mol. The van der Waals surface area contributed by atoms with Crippen molar-refractivity contribution in [3.05, 3.63) is 16.1 Å². The molecule has 0 aromatic carbocycles. The zero-order valence-electron chi connectivity index (χ0n) is 6.91. The highest BCUT2D eigenvalue weighted by atomic mass is 32.1. The van der Waals surface area contributed by atoms with Crippen molar-refractivity contribution in [2.24, 2.45) is 0 Å². The molecule has 12 heavy (non-hydrogen) atoms. The number of thiazole rings is 1. The van der Waals surface area contributed by atoms with E-state index in [0.717, 1.165) is 23.4 Å². The summed E-state index contributed by atoms with van der Waals surface area (Å²) in [5, 5.41) is 8.56. The minimum atomic E-state index is -0.781. The van der Waals surface area contributed by atoms with Crippen LogP contribution in [0.15, 0.2) is 5.51 Å². The molecule has 1 N–H and O–H groups in total. The van der Waals surface area contributed by atoms with Gasteiger partial charge < -0.3 is 5.11 Å². The molecular formula is C8H11NO2S. The van der Waals surface area contributed by atoms with Gasteiger partial charge in [0, 0.05) is 4.88 Å². The molecule has 4 heteroatoms. The highest BCUT2D eigenvalue weighted by Gasteiger charge is 2.08. The molecule has 3 nitrogen and oxygen atoms in total. The number of nitrogens with zero attached hydrogens (tertiary/aromatic N) is 1. The molecule has 1 aromatic rings. The monoisotopic (exact) mass is 185 g/mol. The van der Waals surface area contributed by atoms with Gasteiger partial charge in [0.1, 0.15) is 0 Å². The number of aromatic nitrogens is 1. The van der Waals surface area contributed by atoms with E-state index in [-0.39, 0.29) is 6.42 Å². The molecule has 66 valence electrons. The Morgan fingerprint density at radius 3 is 3.08 bits per heavy atom. The van der Waals surface area contributed by atoms with Crippen LogP contribution in [-0.4, -0.2) is 16.1 Å². The fourth-order valence-corrected chi connectivity index (χ4v) is 1.82. The van der Waals surface area contributed by atoms with Gasteiger partial charge in [0.2, 0.25) is 0 Å². The number of hydrogen-bond donors (Lipinski definition) is 1. The lowest BCUT2D eigenvalue weighted by atomic mass is 10.2. The molecule has 0 radical (unpaired) electrons. The second-order valence-corrected chi connectivity index (χ2v) is 3.48. The van der Waals surface area contributed by atoms with Crippen LogP contribution in [-0.2, 0) is 17.6 Å². The second kappa shape index (κ2) is 4.21. The van der Waals surface area contributed by atoms with Crippen LogP contribution in [0, 0.1) is 0 Å². The van der Waals surface area contributed by atoms with Gasteiger partial charge in [-0.2, -0.15) is 0 Å². The van der Waals surface area contributed by atoms with Gasteiger partial charge in [-0.3, -0.25) is 4.79 Å². The molecule has 0 aliphatic carbocycles. The van der Waals surface area contributed by atoms with Crippen LogP contribution in [0.2, 0.25) is 0 Å². The zero-order valence-corrected chi connectivity index (χ0v) is 7.73. The zero-order chi connectivity index (χ0) is 8.97. The molecule has 0 bridgehead atoms. The van der Waals surface area contributed by atoms with Gasteiger partial charge >= 0.3 is 5.97 Å². The van der Waals surface area contributed by atoms with Gasteiger partial charge in [0.25, 0.3) is 0 Å². The van der Waals surface area contributed by atoms with E-state index in [4.69, 9.17) is 5.11 Å². The van der Waals surface area contributed by atoms with Crippen molar-refractivity contribution in [1.82, 2.24) is 4.98 Å². The molecule has 0 atom stereocenters. The van der Waals surface area contributed by atoms with E-state index in [0.29, 0.717) is 0 Å². The Balaban J connectivity index is 2.69. The fourth-order valence-electron chi connectivity index (χ4n) is 1.02. The van der Waals surface area contributed by atoms with E-state index in [1.165, 1.54) is 11.3 Å². The van der Waals surface area contributed by atoms with E-state index < -0.39 is 5.97 Å². The van der Waals surface area contributed by atoms with Crippen LogP contribution < -0.4 is 0 Å². The average molecular weight is 185 g/mol. The first-order chi connectivity index (χ1) is 5.74. The van der Waals surface area contributed by atoms with E-state index in [2.05, 4.69) is 11.9 Å². The third kappa shape index (κ3) is 2.30. The summed E-state index contributed by atoms with van der Waals surface area (Å²) in [6, 6.07) is 0. The average Bonchev–Trinajstić information content (AvgIpc) is 2.37. The quantitative estimate of drug-likeness (QED) is 0.777. The molecular weight excluding hydrogens is 174 g/mol. The molecule has 0 fully saturated rings. The lowest BCUT2D eigenvalue weighted by Gasteiger charge is -1.95. The molecule has 0 aliphatic heterocycles. The van der Waals surface area contributed by atoms with Crippen LogP contribution in [0.1, 0.15) is 23.9 Å². The second-order valence-electron chi connectivity index (χ2n) is 2.54. The molecule has 0 unspecified atom stereocenters. The SMILES string of the molecule is CCCc1ncsc1CC(=O)O. The third-order valence-electron chi connectivity index (χ3n) is 1.52. The summed E-state index contributed by atoms with van der Waals surface area (Å²) in [4.78, 5) is 15.4. The van der Waals surface area contributed by atoms with Crippen LogP contribution in [0.3, 0.4) is 0 Å². The van der Waals surface area contributed by atoms with E-state index in [9.17, 15) is 4.79 Å². The Kier molecular flexibility index (Phi) is 3.22. The van der Waals surface area contributed by atoms with Crippen LogP contribution in [0.5, 0.6) is 0 Å². The summed E-state index contributed by atoms with van der Waals surface area (Å²) < 4.78 is 0. The predicted octanol–water partition coefficient (Wildman–Crippen LogP) is 1.72. The van der Waals surface area contributed by atoms with E-state index in [1.54, 1.807) is 5.51 Å². The number of carbonyl (C=O) groups is 1. The number of hydrogen-bond acceptors (Lipinski definition) is 3. The maximum absolute atomic E-state index is 10.4. The molecule has 1 rings (SSSR count). The topological polar surface area (TPSA) is 50.2 Å². The molecule has 0 aliphatic rings. The lowest BCUT2D eigenvalue weighted by Crippen LogP contribution is -2.01. The first-order valence-corrected chi connectivity index (χ1v) is 4.75. The van der Waals surface area contributed by atoms with Gasteiger partial charge in [-0.15, -0.1) is 11.3 Å². The van der Waals surface area contributed by atoms with Crippen molar-refractivity contribution in [3.8, 4) is 0 Å². The molecule has 0 spiro atoms. The van der Waals surface area contributed by atoms with Gasteiger partial charge in [0.05, 0.1) is 17.6 Å².